The van der Waals surface area contributed by atoms with Crippen molar-refractivity contribution in [1.82, 2.24) is 4.90 Å². The average molecular weight is 367 g/mol. The monoisotopic (exact) mass is 367 g/mol. The molecule has 2 heterocycles. The zero-order valence-corrected chi connectivity index (χ0v) is 16.0. The first-order chi connectivity index (χ1) is 13.0. The number of nitrogens with zero attached hydrogens (tertiary/aromatic N) is 2. The van der Waals surface area contributed by atoms with Gasteiger partial charge < -0.3 is 9.15 Å². The topological polar surface area (TPSA) is 78.5 Å². The van der Waals surface area contributed by atoms with E-state index < -0.39 is 0 Å². The van der Waals surface area contributed by atoms with Crippen molar-refractivity contribution < 1.29 is 13.9 Å². The Balaban J connectivity index is 1.66. The van der Waals surface area contributed by atoms with E-state index in [0.29, 0.717) is 17.9 Å². The van der Waals surface area contributed by atoms with E-state index in [-0.39, 0.29) is 24.4 Å². The van der Waals surface area contributed by atoms with Crippen LogP contribution in [0.15, 0.2) is 28.7 Å². The van der Waals surface area contributed by atoms with E-state index in [4.69, 9.17) is 9.15 Å². The zero-order chi connectivity index (χ0) is 19.4. The SMILES string of the molecule is CCOc1ccc(C2CCCN2CC(=O)Nc2oc(C)c(C)c2C#N)cc1. The number of hydrogen-bond acceptors (Lipinski definition) is 5. The number of hydrogen-bond donors (Lipinski definition) is 1. The van der Waals surface area contributed by atoms with E-state index in [1.807, 2.05) is 26.0 Å². The minimum Gasteiger partial charge on any atom is -0.494 e. The normalized spacial score (nSPS) is 16.9. The summed E-state index contributed by atoms with van der Waals surface area (Å²) in [5, 5.41) is 12.0. The number of rotatable bonds is 6. The molecule has 6 nitrogen and oxygen atoms in total. The van der Waals surface area contributed by atoms with Crippen molar-refractivity contribution in [2.24, 2.45) is 0 Å². The fraction of sp³-hybridized carbons (Fsp3) is 0.429. The Kier molecular flexibility index (Phi) is 5.82. The van der Waals surface area contributed by atoms with Crippen LogP contribution in [0.1, 0.15) is 48.3 Å². The first-order valence-electron chi connectivity index (χ1n) is 9.30. The molecule has 0 spiro atoms. The molecule has 1 aromatic heterocycles. The fourth-order valence-corrected chi connectivity index (χ4v) is 3.55. The first kappa shape index (κ1) is 19.0. The lowest BCUT2D eigenvalue weighted by Crippen LogP contribution is -2.33. The Morgan fingerprint density at radius 3 is 2.78 bits per heavy atom. The summed E-state index contributed by atoms with van der Waals surface area (Å²) in [5.41, 5.74) is 2.35. The van der Waals surface area contributed by atoms with Crippen LogP contribution in [0.2, 0.25) is 0 Å². The second kappa shape index (κ2) is 8.28. The molecule has 1 N–H and O–H groups in total. The number of ether oxygens (including phenoxy) is 1. The van der Waals surface area contributed by atoms with Gasteiger partial charge in [-0.1, -0.05) is 12.1 Å². The smallest absolute Gasteiger partial charge is 0.240 e. The molecule has 0 aliphatic carbocycles. The van der Waals surface area contributed by atoms with Gasteiger partial charge in [0.15, 0.2) is 0 Å². The second-order valence-corrected chi connectivity index (χ2v) is 6.78. The maximum Gasteiger partial charge on any atom is 0.240 e. The van der Waals surface area contributed by atoms with Crippen molar-refractivity contribution >= 4 is 11.8 Å². The van der Waals surface area contributed by atoms with Gasteiger partial charge in [0, 0.05) is 11.6 Å². The van der Waals surface area contributed by atoms with Crippen LogP contribution in [0.4, 0.5) is 5.88 Å². The highest BCUT2D eigenvalue weighted by Crippen LogP contribution is 2.33. The Morgan fingerprint density at radius 1 is 1.37 bits per heavy atom. The van der Waals surface area contributed by atoms with E-state index in [1.54, 1.807) is 6.92 Å². The molecule has 1 aliphatic heterocycles. The van der Waals surface area contributed by atoms with Crippen molar-refractivity contribution in [2.45, 2.75) is 39.7 Å². The average Bonchev–Trinajstić information content (AvgIpc) is 3.20. The van der Waals surface area contributed by atoms with E-state index in [1.165, 1.54) is 5.56 Å². The van der Waals surface area contributed by atoms with E-state index in [9.17, 15) is 10.1 Å². The number of benzene rings is 1. The summed E-state index contributed by atoms with van der Waals surface area (Å²) in [6, 6.07) is 10.4. The number of furan rings is 1. The van der Waals surface area contributed by atoms with Crippen LogP contribution in [0, 0.1) is 25.2 Å². The predicted octanol–water partition coefficient (Wildman–Crippen LogP) is 3.94. The van der Waals surface area contributed by atoms with Gasteiger partial charge in [-0.15, -0.1) is 0 Å². The number of nitrogens with one attached hydrogen (secondary N) is 1. The number of carbonyl (C=O) groups is 1. The lowest BCUT2D eigenvalue weighted by atomic mass is 10.0. The van der Waals surface area contributed by atoms with Crippen LogP contribution in [0.25, 0.3) is 0 Å². The molecule has 1 fully saturated rings. The van der Waals surface area contributed by atoms with Gasteiger partial charge in [0.25, 0.3) is 0 Å². The number of carbonyl (C=O) groups excluding carboxylic acids is 1. The van der Waals surface area contributed by atoms with Crippen molar-refractivity contribution in [1.29, 1.82) is 5.26 Å². The standard InChI is InChI=1S/C21H25N3O3/c1-4-26-17-9-7-16(8-10-17)19-6-5-11-24(19)13-20(25)23-21-18(12-22)14(2)15(3)27-21/h7-10,19H,4-6,11,13H2,1-3H3,(H,23,25). The molecular weight excluding hydrogens is 342 g/mol. The highest BCUT2D eigenvalue weighted by molar-refractivity contribution is 5.92. The highest BCUT2D eigenvalue weighted by atomic mass is 16.5. The van der Waals surface area contributed by atoms with Crippen LogP contribution < -0.4 is 10.1 Å². The third kappa shape index (κ3) is 4.15. The minimum absolute atomic E-state index is 0.168. The zero-order valence-electron chi connectivity index (χ0n) is 16.0. The molecule has 142 valence electrons. The second-order valence-electron chi connectivity index (χ2n) is 6.78. The van der Waals surface area contributed by atoms with Crippen LogP contribution in [0.5, 0.6) is 5.75 Å². The Hall–Kier alpha value is -2.78. The molecule has 2 aromatic rings. The Labute approximate surface area is 159 Å². The largest absolute Gasteiger partial charge is 0.494 e. The molecule has 3 rings (SSSR count). The molecule has 1 saturated heterocycles. The summed E-state index contributed by atoms with van der Waals surface area (Å²) in [4.78, 5) is 14.7. The van der Waals surface area contributed by atoms with Gasteiger partial charge in [-0.05, 0) is 57.9 Å². The van der Waals surface area contributed by atoms with E-state index in [2.05, 4.69) is 28.4 Å². The molecule has 1 amide bonds. The molecule has 0 saturated carbocycles. The van der Waals surface area contributed by atoms with Gasteiger partial charge in [0.1, 0.15) is 23.1 Å². The van der Waals surface area contributed by atoms with E-state index >= 15 is 0 Å². The third-order valence-corrected chi connectivity index (χ3v) is 5.04. The number of nitriles is 1. The van der Waals surface area contributed by atoms with Crippen molar-refractivity contribution in [3.63, 3.8) is 0 Å². The molecular formula is C21H25N3O3. The maximum absolute atomic E-state index is 12.5. The van der Waals surface area contributed by atoms with Crippen LogP contribution in [-0.4, -0.2) is 30.5 Å². The number of likely N-dealkylation sites (tertiary alicyclic amines) is 1. The molecule has 0 bridgehead atoms. The summed E-state index contributed by atoms with van der Waals surface area (Å²) in [6.07, 6.45) is 2.07. The maximum atomic E-state index is 12.5. The molecule has 1 aromatic carbocycles. The fourth-order valence-electron chi connectivity index (χ4n) is 3.55. The van der Waals surface area contributed by atoms with Crippen LogP contribution >= 0.6 is 0 Å². The van der Waals surface area contributed by atoms with Gasteiger partial charge >= 0.3 is 0 Å². The molecule has 1 aliphatic rings. The lowest BCUT2D eigenvalue weighted by molar-refractivity contribution is -0.117. The van der Waals surface area contributed by atoms with Crippen LogP contribution in [0.3, 0.4) is 0 Å². The summed E-state index contributed by atoms with van der Waals surface area (Å²) in [6.45, 7) is 7.34. The lowest BCUT2D eigenvalue weighted by Gasteiger charge is -2.24. The van der Waals surface area contributed by atoms with Gasteiger partial charge in [-0.25, -0.2) is 0 Å². The van der Waals surface area contributed by atoms with E-state index in [0.717, 1.165) is 30.7 Å². The Bertz CT molecular complexity index is 849. The summed E-state index contributed by atoms with van der Waals surface area (Å²) < 4.78 is 11.0. The van der Waals surface area contributed by atoms with Gasteiger partial charge in [0.2, 0.25) is 11.8 Å². The summed E-state index contributed by atoms with van der Waals surface area (Å²) >= 11 is 0. The first-order valence-corrected chi connectivity index (χ1v) is 9.30. The van der Waals surface area contributed by atoms with Crippen molar-refractivity contribution in [2.75, 3.05) is 25.0 Å². The van der Waals surface area contributed by atoms with Crippen LogP contribution in [-0.2, 0) is 4.79 Å². The van der Waals surface area contributed by atoms with Gasteiger partial charge in [-0.3, -0.25) is 15.0 Å². The number of aryl methyl sites for hydroxylation is 1. The number of anilines is 1. The molecule has 27 heavy (non-hydrogen) atoms. The van der Waals surface area contributed by atoms with Gasteiger partial charge in [-0.2, -0.15) is 5.26 Å². The van der Waals surface area contributed by atoms with Crippen molar-refractivity contribution in [3.8, 4) is 11.8 Å². The number of amides is 1. The van der Waals surface area contributed by atoms with Gasteiger partial charge in [0.05, 0.1) is 13.2 Å². The Morgan fingerprint density at radius 2 is 2.11 bits per heavy atom. The summed E-state index contributed by atoms with van der Waals surface area (Å²) in [7, 11) is 0. The molecule has 1 unspecified atom stereocenters. The minimum atomic E-state index is -0.168. The predicted molar refractivity (Wildman–Crippen MR) is 103 cm³/mol. The highest BCUT2D eigenvalue weighted by Gasteiger charge is 2.28. The molecule has 1 atom stereocenters. The van der Waals surface area contributed by atoms with Crippen molar-refractivity contribution in [3.05, 3.63) is 46.7 Å². The summed E-state index contributed by atoms with van der Waals surface area (Å²) in [5.74, 6) is 1.58. The molecule has 0 radical (unpaired) electrons. The molecule has 6 heteroatoms. The quantitative estimate of drug-likeness (QED) is 0.836. The third-order valence-electron chi connectivity index (χ3n) is 5.04.